The zero-order valence-corrected chi connectivity index (χ0v) is 10.7. The minimum Gasteiger partial charge on any atom is -0.321 e. The Morgan fingerprint density at radius 3 is 2.44 bits per heavy atom. The molecule has 2 nitrogen and oxygen atoms in total. The molecule has 18 heavy (non-hydrogen) atoms. The van der Waals surface area contributed by atoms with Crippen molar-refractivity contribution in [1.29, 1.82) is 0 Å². The maximum atomic E-state index is 13.0. The molecule has 2 aromatic carbocycles. The number of hydrogen-bond donors (Lipinski definition) is 1. The second-order valence-electron chi connectivity index (χ2n) is 3.56. The number of hydrogen-bond acceptors (Lipinski definition) is 1. The van der Waals surface area contributed by atoms with Crippen molar-refractivity contribution in [3.05, 3.63) is 64.1 Å². The zero-order chi connectivity index (χ0) is 13.1. The minimum atomic E-state index is -1.05. The van der Waals surface area contributed by atoms with Gasteiger partial charge in [-0.15, -0.1) is 0 Å². The van der Waals surface area contributed by atoms with Crippen LogP contribution in [0.1, 0.15) is 10.4 Å². The molecular weight excluding hydrogens is 304 g/mol. The van der Waals surface area contributed by atoms with Gasteiger partial charge >= 0.3 is 0 Å². The van der Waals surface area contributed by atoms with E-state index in [9.17, 15) is 13.6 Å². The molecule has 0 heterocycles. The molecule has 0 unspecified atom stereocenters. The van der Waals surface area contributed by atoms with E-state index in [1.807, 2.05) is 0 Å². The van der Waals surface area contributed by atoms with Gasteiger partial charge in [0.2, 0.25) is 0 Å². The van der Waals surface area contributed by atoms with Crippen molar-refractivity contribution >= 4 is 27.5 Å². The van der Waals surface area contributed by atoms with Crippen molar-refractivity contribution in [3.63, 3.8) is 0 Å². The van der Waals surface area contributed by atoms with E-state index in [0.717, 1.165) is 12.1 Å². The van der Waals surface area contributed by atoms with Crippen LogP contribution in [0.3, 0.4) is 0 Å². The molecule has 2 rings (SSSR count). The number of amides is 1. The Morgan fingerprint density at radius 1 is 1.06 bits per heavy atom. The van der Waals surface area contributed by atoms with Gasteiger partial charge in [-0.3, -0.25) is 4.79 Å². The number of halogens is 3. The normalized spacial score (nSPS) is 10.2. The summed E-state index contributed by atoms with van der Waals surface area (Å²) in [7, 11) is 0. The highest BCUT2D eigenvalue weighted by molar-refractivity contribution is 9.10. The van der Waals surface area contributed by atoms with E-state index in [1.54, 1.807) is 24.3 Å². The fraction of sp³-hybridized carbons (Fsp3) is 0. The van der Waals surface area contributed by atoms with Crippen LogP contribution in [0.4, 0.5) is 14.5 Å². The first-order chi connectivity index (χ1) is 8.58. The third-order valence-corrected chi connectivity index (χ3v) is 3.00. The summed E-state index contributed by atoms with van der Waals surface area (Å²) in [4.78, 5) is 11.8. The van der Waals surface area contributed by atoms with E-state index < -0.39 is 17.5 Å². The van der Waals surface area contributed by atoms with E-state index in [2.05, 4.69) is 21.2 Å². The van der Waals surface area contributed by atoms with Gasteiger partial charge in [0, 0.05) is 10.0 Å². The smallest absolute Gasteiger partial charge is 0.255 e. The summed E-state index contributed by atoms with van der Waals surface area (Å²) in [5, 5.41) is 2.60. The van der Waals surface area contributed by atoms with Crippen LogP contribution in [0.15, 0.2) is 46.9 Å². The van der Waals surface area contributed by atoms with Gasteiger partial charge in [0.1, 0.15) is 0 Å². The first kappa shape index (κ1) is 12.7. The van der Waals surface area contributed by atoms with E-state index in [4.69, 9.17) is 0 Å². The first-order valence-electron chi connectivity index (χ1n) is 5.09. The van der Waals surface area contributed by atoms with Crippen LogP contribution in [0, 0.1) is 11.6 Å². The van der Waals surface area contributed by atoms with Gasteiger partial charge in [-0.25, -0.2) is 8.78 Å². The van der Waals surface area contributed by atoms with Crippen LogP contribution in [0.25, 0.3) is 0 Å². The first-order valence-corrected chi connectivity index (χ1v) is 5.88. The minimum absolute atomic E-state index is 0.0599. The molecule has 92 valence electrons. The molecule has 0 atom stereocenters. The summed E-state index contributed by atoms with van der Waals surface area (Å²) in [5.74, 6) is -2.52. The van der Waals surface area contributed by atoms with Crippen LogP contribution >= 0.6 is 15.9 Å². The van der Waals surface area contributed by atoms with Gasteiger partial charge < -0.3 is 5.32 Å². The predicted molar refractivity (Wildman–Crippen MR) is 68.5 cm³/mol. The van der Waals surface area contributed by atoms with Crippen LogP contribution < -0.4 is 5.32 Å². The molecule has 1 N–H and O–H groups in total. The monoisotopic (exact) mass is 311 g/mol. The molecule has 0 spiro atoms. The van der Waals surface area contributed by atoms with Gasteiger partial charge in [0.15, 0.2) is 11.6 Å². The van der Waals surface area contributed by atoms with Gasteiger partial charge in [-0.05, 0) is 46.3 Å². The Balaban J connectivity index is 2.22. The number of nitrogens with one attached hydrogen (secondary N) is 1. The summed E-state index contributed by atoms with van der Waals surface area (Å²) >= 11 is 3.27. The molecule has 0 fully saturated rings. The predicted octanol–water partition coefficient (Wildman–Crippen LogP) is 3.98. The molecule has 0 radical (unpaired) electrons. The Labute approximate surface area is 111 Å². The van der Waals surface area contributed by atoms with E-state index in [-0.39, 0.29) is 5.56 Å². The highest BCUT2D eigenvalue weighted by Crippen LogP contribution is 2.22. The standard InChI is InChI=1S/C13H8BrF2NO/c14-9-3-1-2-4-12(9)17-13(18)8-5-6-10(15)11(16)7-8/h1-7H,(H,17,18). The Bertz CT molecular complexity index is 601. The lowest BCUT2D eigenvalue weighted by molar-refractivity contribution is 0.102. The van der Waals surface area contributed by atoms with Crippen LogP contribution in [0.5, 0.6) is 0 Å². The van der Waals surface area contributed by atoms with Crippen molar-refractivity contribution < 1.29 is 13.6 Å². The molecule has 0 aliphatic rings. The number of carbonyl (C=O) groups is 1. The van der Waals surface area contributed by atoms with Crippen molar-refractivity contribution in [2.75, 3.05) is 5.32 Å². The average Bonchev–Trinajstić information content (AvgIpc) is 2.35. The lowest BCUT2D eigenvalue weighted by Crippen LogP contribution is -2.12. The highest BCUT2D eigenvalue weighted by Gasteiger charge is 2.10. The molecule has 0 bridgehead atoms. The van der Waals surface area contributed by atoms with Crippen molar-refractivity contribution in [3.8, 4) is 0 Å². The molecule has 2 aromatic rings. The van der Waals surface area contributed by atoms with Crippen molar-refractivity contribution in [1.82, 2.24) is 0 Å². The number of benzene rings is 2. The largest absolute Gasteiger partial charge is 0.321 e. The summed E-state index contributed by atoms with van der Waals surface area (Å²) < 4.78 is 26.4. The third-order valence-electron chi connectivity index (χ3n) is 2.30. The van der Waals surface area contributed by atoms with E-state index in [1.165, 1.54) is 6.07 Å². The lowest BCUT2D eigenvalue weighted by atomic mass is 10.2. The second-order valence-corrected chi connectivity index (χ2v) is 4.42. The topological polar surface area (TPSA) is 29.1 Å². The van der Waals surface area contributed by atoms with Crippen LogP contribution in [0.2, 0.25) is 0 Å². The van der Waals surface area contributed by atoms with Gasteiger partial charge in [-0.2, -0.15) is 0 Å². The molecule has 0 aromatic heterocycles. The molecule has 0 saturated heterocycles. The number of anilines is 1. The van der Waals surface area contributed by atoms with Gasteiger partial charge in [0.05, 0.1) is 5.69 Å². The number of rotatable bonds is 2. The van der Waals surface area contributed by atoms with Gasteiger partial charge in [0.25, 0.3) is 5.91 Å². The van der Waals surface area contributed by atoms with Crippen LogP contribution in [-0.2, 0) is 0 Å². The molecular formula is C13H8BrF2NO. The van der Waals surface area contributed by atoms with Crippen molar-refractivity contribution in [2.45, 2.75) is 0 Å². The molecule has 0 aliphatic carbocycles. The zero-order valence-electron chi connectivity index (χ0n) is 9.08. The summed E-state index contributed by atoms with van der Waals surface area (Å²) in [6.45, 7) is 0. The lowest BCUT2D eigenvalue weighted by Gasteiger charge is -2.07. The molecule has 1 amide bonds. The van der Waals surface area contributed by atoms with E-state index >= 15 is 0 Å². The highest BCUT2D eigenvalue weighted by atomic mass is 79.9. The Hall–Kier alpha value is -1.75. The maximum absolute atomic E-state index is 13.0. The third kappa shape index (κ3) is 2.73. The quantitative estimate of drug-likeness (QED) is 0.893. The number of para-hydroxylation sites is 1. The molecule has 0 saturated carbocycles. The van der Waals surface area contributed by atoms with Crippen molar-refractivity contribution in [2.24, 2.45) is 0 Å². The number of carbonyl (C=O) groups excluding carboxylic acids is 1. The fourth-order valence-corrected chi connectivity index (χ4v) is 1.78. The maximum Gasteiger partial charge on any atom is 0.255 e. The fourth-order valence-electron chi connectivity index (χ4n) is 1.39. The molecule has 0 aliphatic heterocycles. The average molecular weight is 312 g/mol. The Kier molecular flexibility index (Phi) is 3.72. The van der Waals surface area contributed by atoms with Gasteiger partial charge in [-0.1, -0.05) is 12.1 Å². The Morgan fingerprint density at radius 2 is 1.78 bits per heavy atom. The van der Waals surface area contributed by atoms with Crippen LogP contribution in [-0.4, -0.2) is 5.91 Å². The second kappa shape index (κ2) is 5.27. The summed E-state index contributed by atoms with van der Waals surface area (Å²) in [6.07, 6.45) is 0. The SMILES string of the molecule is O=C(Nc1ccccc1Br)c1ccc(F)c(F)c1. The van der Waals surface area contributed by atoms with E-state index in [0.29, 0.717) is 10.2 Å². The summed E-state index contributed by atoms with van der Waals surface area (Å²) in [6, 6.07) is 10.0. The summed E-state index contributed by atoms with van der Waals surface area (Å²) in [5.41, 5.74) is 0.622. The molecule has 5 heteroatoms.